The molecule has 2 N–H and O–H groups in total. The van der Waals surface area contributed by atoms with Crippen molar-refractivity contribution in [3.63, 3.8) is 0 Å². The molecule has 0 atom stereocenters. The van der Waals surface area contributed by atoms with Crippen molar-refractivity contribution in [1.29, 1.82) is 0 Å². The van der Waals surface area contributed by atoms with E-state index >= 15 is 0 Å². The number of amides is 1. The van der Waals surface area contributed by atoms with Crippen LogP contribution in [0.15, 0.2) is 18.3 Å². The van der Waals surface area contributed by atoms with Crippen LogP contribution in [0.25, 0.3) is 10.9 Å². The van der Waals surface area contributed by atoms with E-state index in [2.05, 4.69) is 15.5 Å². The molecule has 2 aliphatic heterocycles. The summed E-state index contributed by atoms with van der Waals surface area (Å²) in [5.41, 5.74) is 1.47. The number of rotatable bonds is 2. The Hall–Kier alpha value is -1.59. The van der Waals surface area contributed by atoms with Crippen LogP contribution in [-0.2, 0) is 0 Å². The average molecular weight is 347 g/mol. The number of piperidine rings is 2. The molecule has 0 aliphatic carbocycles. The van der Waals surface area contributed by atoms with Crippen LogP contribution in [0, 0.1) is 11.8 Å². The Morgan fingerprint density at radius 1 is 1.12 bits per heavy atom. The summed E-state index contributed by atoms with van der Waals surface area (Å²) in [5, 5.41) is 11.8. The van der Waals surface area contributed by atoms with Gasteiger partial charge in [-0.1, -0.05) is 11.6 Å². The van der Waals surface area contributed by atoms with E-state index in [0.717, 1.165) is 61.8 Å². The van der Waals surface area contributed by atoms with Gasteiger partial charge in [0.2, 0.25) is 0 Å². The van der Waals surface area contributed by atoms with Crippen LogP contribution < -0.4 is 5.32 Å². The van der Waals surface area contributed by atoms with Crippen LogP contribution in [-0.4, -0.2) is 47.2 Å². The highest BCUT2D eigenvalue weighted by molar-refractivity contribution is 6.32. The third-order valence-corrected chi connectivity index (χ3v) is 5.85. The number of aromatic amines is 1. The fourth-order valence-electron chi connectivity index (χ4n) is 4.25. The quantitative estimate of drug-likeness (QED) is 0.878. The molecule has 1 aromatic heterocycles. The van der Waals surface area contributed by atoms with Gasteiger partial charge in [0.15, 0.2) is 0 Å². The molecule has 0 spiro atoms. The molecule has 0 radical (unpaired) electrons. The number of nitrogens with one attached hydrogen (secondary N) is 2. The third-order valence-electron chi connectivity index (χ3n) is 5.63. The third kappa shape index (κ3) is 3.03. The Balaban J connectivity index is 1.46. The van der Waals surface area contributed by atoms with Gasteiger partial charge in [-0.2, -0.15) is 5.10 Å². The molecule has 4 rings (SSSR count). The van der Waals surface area contributed by atoms with Crippen molar-refractivity contribution in [2.75, 3.05) is 26.2 Å². The molecule has 2 fully saturated rings. The number of halogens is 1. The number of hydrogen-bond donors (Lipinski definition) is 2. The van der Waals surface area contributed by atoms with Gasteiger partial charge in [-0.3, -0.25) is 9.89 Å². The lowest BCUT2D eigenvalue weighted by atomic mass is 9.79. The number of likely N-dealkylation sites (tertiary alicyclic amines) is 1. The van der Waals surface area contributed by atoms with Crippen LogP contribution >= 0.6 is 11.6 Å². The van der Waals surface area contributed by atoms with Crippen LogP contribution in [0.4, 0.5) is 0 Å². The van der Waals surface area contributed by atoms with E-state index in [4.69, 9.17) is 11.6 Å². The Labute approximate surface area is 146 Å². The van der Waals surface area contributed by atoms with E-state index in [1.54, 1.807) is 12.3 Å². The molecule has 1 amide bonds. The summed E-state index contributed by atoms with van der Waals surface area (Å²) in [6.45, 7) is 3.98. The Morgan fingerprint density at radius 2 is 1.83 bits per heavy atom. The van der Waals surface area contributed by atoms with Crippen molar-refractivity contribution in [2.45, 2.75) is 25.7 Å². The Kier molecular flexibility index (Phi) is 4.46. The summed E-state index contributed by atoms with van der Waals surface area (Å²) >= 11 is 6.16. The van der Waals surface area contributed by atoms with Crippen molar-refractivity contribution in [3.05, 3.63) is 28.9 Å². The van der Waals surface area contributed by atoms with Crippen LogP contribution in [0.3, 0.4) is 0 Å². The van der Waals surface area contributed by atoms with Gasteiger partial charge in [-0.25, -0.2) is 0 Å². The molecule has 0 bridgehead atoms. The number of benzene rings is 1. The predicted octanol–water partition coefficient (Wildman–Crippen LogP) is 3.07. The minimum atomic E-state index is 0.0765. The predicted molar refractivity (Wildman–Crippen MR) is 95.3 cm³/mol. The lowest BCUT2D eigenvalue weighted by molar-refractivity contribution is 0.0644. The number of nitrogens with zero attached hydrogens (tertiary/aromatic N) is 2. The van der Waals surface area contributed by atoms with Gasteiger partial charge in [0.05, 0.1) is 17.3 Å². The molecule has 2 aromatic rings. The zero-order valence-electron chi connectivity index (χ0n) is 13.7. The minimum Gasteiger partial charge on any atom is -0.339 e. The molecule has 3 heterocycles. The van der Waals surface area contributed by atoms with Gasteiger partial charge in [0.1, 0.15) is 0 Å². The van der Waals surface area contributed by atoms with Crippen molar-refractivity contribution in [1.82, 2.24) is 20.4 Å². The van der Waals surface area contributed by atoms with Crippen molar-refractivity contribution < 1.29 is 4.79 Å². The zero-order chi connectivity index (χ0) is 16.5. The summed E-state index contributed by atoms with van der Waals surface area (Å²) < 4.78 is 0. The summed E-state index contributed by atoms with van der Waals surface area (Å²) in [7, 11) is 0. The number of fused-ring (bicyclic) bond motifs is 1. The van der Waals surface area contributed by atoms with Gasteiger partial charge in [0.25, 0.3) is 5.91 Å². The lowest BCUT2D eigenvalue weighted by Crippen LogP contribution is -2.42. The van der Waals surface area contributed by atoms with E-state index in [9.17, 15) is 4.79 Å². The first-order valence-electron chi connectivity index (χ1n) is 8.85. The van der Waals surface area contributed by atoms with Gasteiger partial charge in [-0.15, -0.1) is 0 Å². The van der Waals surface area contributed by atoms with Crippen LogP contribution in [0.5, 0.6) is 0 Å². The smallest absolute Gasteiger partial charge is 0.254 e. The number of hydrogen-bond acceptors (Lipinski definition) is 3. The maximum atomic E-state index is 13.0. The van der Waals surface area contributed by atoms with Crippen molar-refractivity contribution >= 4 is 28.4 Å². The highest BCUT2D eigenvalue weighted by atomic mass is 35.5. The molecule has 6 heteroatoms. The van der Waals surface area contributed by atoms with E-state index in [0.29, 0.717) is 10.6 Å². The second kappa shape index (κ2) is 6.73. The summed E-state index contributed by atoms with van der Waals surface area (Å²) in [6.07, 6.45) is 6.50. The van der Waals surface area contributed by atoms with Gasteiger partial charge in [0, 0.05) is 23.5 Å². The Morgan fingerprint density at radius 3 is 2.58 bits per heavy atom. The first-order chi connectivity index (χ1) is 11.7. The van der Waals surface area contributed by atoms with E-state index in [-0.39, 0.29) is 5.91 Å². The fraction of sp³-hybridized carbons (Fsp3) is 0.556. The van der Waals surface area contributed by atoms with E-state index in [1.807, 2.05) is 11.0 Å². The minimum absolute atomic E-state index is 0.0765. The van der Waals surface area contributed by atoms with Gasteiger partial charge < -0.3 is 10.2 Å². The zero-order valence-corrected chi connectivity index (χ0v) is 14.5. The van der Waals surface area contributed by atoms with Crippen LogP contribution in [0.1, 0.15) is 36.0 Å². The molecule has 24 heavy (non-hydrogen) atoms. The molecule has 128 valence electrons. The maximum Gasteiger partial charge on any atom is 0.254 e. The van der Waals surface area contributed by atoms with E-state index < -0.39 is 0 Å². The van der Waals surface area contributed by atoms with Gasteiger partial charge in [-0.05, 0) is 62.7 Å². The summed E-state index contributed by atoms with van der Waals surface area (Å²) in [6, 6.07) is 3.57. The second-order valence-corrected chi connectivity index (χ2v) is 7.44. The number of carbonyl (C=O) groups is 1. The first-order valence-corrected chi connectivity index (χ1v) is 9.23. The monoisotopic (exact) mass is 346 g/mol. The Bertz CT molecular complexity index is 730. The molecule has 0 unspecified atom stereocenters. The molecule has 2 saturated heterocycles. The number of H-pyrrole nitrogens is 1. The van der Waals surface area contributed by atoms with E-state index in [1.165, 1.54) is 12.8 Å². The van der Waals surface area contributed by atoms with Crippen LogP contribution in [0.2, 0.25) is 5.02 Å². The topological polar surface area (TPSA) is 61.0 Å². The summed E-state index contributed by atoms with van der Waals surface area (Å²) in [4.78, 5) is 14.9. The SMILES string of the molecule is O=C(c1cc(Cl)cc2[nH]ncc12)N1CCC(C2CCNCC2)CC1. The first kappa shape index (κ1) is 15.9. The average Bonchev–Trinajstić information content (AvgIpc) is 3.09. The molecule has 1 aromatic carbocycles. The van der Waals surface area contributed by atoms with Gasteiger partial charge >= 0.3 is 0 Å². The highest BCUT2D eigenvalue weighted by Crippen LogP contribution is 2.32. The largest absolute Gasteiger partial charge is 0.339 e. The fourth-order valence-corrected chi connectivity index (χ4v) is 4.47. The standard InChI is InChI=1S/C18H23ClN4O/c19-14-9-15(16-11-21-22-17(16)10-14)18(24)23-7-3-13(4-8-23)12-1-5-20-6-2-12/h9-13,20H,1-8H2,(H,21,22). The molecular formula is C18H23ClN4O. The molecular weight excluding hydrogens is 324 g/mol. The molecule has 5 nitrogen and oxygen atoms in total. The number of aromatic nitrogens is 2. The lowest BCUT2D eigenvalue weighted by Gasteiger charge is -2.37. The number of carbonyl (C=O) groups excluding carboxylic acids is 1. The normalized spacial score (nSPS) is 20.6. The van der Waals surface area contributed by atoms with Crippen molar-refractivity contribution in [3.8, 4) is 0 Å². The molecule has 2 aliphatic rings. The maximum absolute atomic E-state index is 13.0. The van der Waals surface area contributed by atoms with Crippen molar-refractivity contribution in [2.24, 2.45) is 11.8 Å². The second-order valence-electron chi connectivity index (χ2n) is 7.00. The highest BCUT2D eigenvalue weighted by Gasteiger charge is 2.30. The summed E-state index contributed by atoms with van der Waals surface area (Å²) in [5.74, 6) is 1.67. The molecule has 0 saturated carbocycles.